The Morgan fingerprint density at radius 1 is 0.378 bits per heavy atom. The number of rotatable bonds is 31. The van der Waals surface area contributed by atoms with E-state index in [-0.39, 0.29) is 5.60 Å². The van der Waals surface area contributed by atoms with Crippen molar-refractivity contribution in [2.45, 2.75) is 220 Å². The van der Waals surface area contributed by atoms with Crippen LogP contribution in [0.3, 0.4) is 0 Å². The molecule has 0 aliphatic rings. The van der Waals surface area contributed by atoms with Gasteiger partial charge in [0.1, 0.15) is 0 Å². The van der Waals surface area contributed by atoms with Gasteiger partial charge in [-0.1, -0.05) is 182 Å². The zero-order valence-electron chi connectivity index (χ0n) is 27.0. The van der Waals surface area contributed by atoms with Crippen LogP contribution in [0, 0.1) is 5.92 Å². The van der Waals surface area contributed by atoms with Gasteiger partial charge in [0.05, 0.1) is 5.60 Å². The van der Waals surface area contributed by atoms with E-state index in [1.807, 2.05) is 0 Å². The minimum absolute atomic E-state index is 0.132. The molecular formula is C36H74O. The van der Waals surface area contributed by atoms with Gasteiger partial charge in [-0.05, 0) is 38.5 Å². The van der Waals surface area contributed by atoms with Gasteiger partial charge in [-0.3, -0.25) is 0 Å². The fraction of sp³-hybridized carbons (Fsp3) is 1.00. The molecule has 0 saturated carbocycles. The van der Waals surface area contributed by atoms with E-state index in [0.717, 1.165) is 12.5 Å². The zero-order chi connectivity index (χ0) is 27.3. The first kappa shape index (κ1) is 37.0. The lowest BCUT2D eigenvalue weighted by molar-refractivity contribution is -0.0936. The second-order valence-corrected chi connectivity index (χ2v) is 12.3. The second kappa shape index (κ2) is 29.0. The molecule has 1 atom stereocenters. The van der Waals surface area contributed by atoms with Crippen LogP contribution in [0.4, 0.5) is 0 Å². The van der Waals surface area contributed by atoms with Crippen molar-refractivity contribution >= 4 is 0 Å². The maximum absolute atomic E-state index is 6.47. The van der Waals surface area contributed by atoms with Gasteiger partial charge in [0.15, 0.2) is 0 Å². The molecule has 0 saturated heterocycles. The quantitative estimate of drug-likeness (QED) is 0.0822. The van der Waals surface area contributed by atoms with Crippen molar-refractivity contribution < 1.29 is 4.74 Å². The fourth-order valence-corrected chi connectivity index (χ4v) is 6.57. The van der Waals surface area contributed by atoms with Gasteiger partial charge in [-0.15, -0.1) is 0 Å². The highest BCUT2D eigenvalue weighted by Gasteiger charge is 2.35. The van der Waals surface area contributed by atoms with Crippen LogP contribution < -0.4 is 0 Å². The highest BCUT2D eigenvalue weighted by atomic mass is 16.5. The van der Waals surface area contributed by atoms with Crippen LogP contribution >= 0.6 is 0 Å². The van der Waals surface area contributed by atoms with Gasteiger partial charge in [-0.25, -0.2) is 0 Å². The Morgan fingerprint density at radius 2 is 0.649 bits per heavy atom. The summed E-state index contributed by atoms with van der Waals surface area (Å²) in [4.78, 5) is 0. The summed E-state index contributed by atoms with van der Waals surface area (Å²) >= 11 is 0. The van der Waals surface area contributed by atoms with Crippen molar-refractivity contribution in [2.24, 2.45) is 5.92 Å². The van der Waals surface area contributed by atoms with E-state index in [0.29, 0.717) is 0 Å². The number of ether oxygens (including phenoxy) is 1. The molecule has 0 fully saturated rings. The third-order valence-electron chi connectivity index (χ3n) is 9.19. The van der Waals surface area contributed by atoms with E-state index in [2.05, 4.69) is 34.6 Å². The van der Waals surface area contributed by atoms with Crippen LogP contribution in [0.25, 0.3) is 0 Å². The lowest BCUT2D eigenvalue weighted by Crippen LogP contribution is -2.40. The van der Waals surface area contributed by atoms with Crippen molar-refractivity contribution in [3.05, 3.63) is 0 Å². The minimum atomic E-state index is 0.132. The summed E-state index contributed by atoms with van der Waals surface area (Å²) in [5, 5.41) is 0. The molecule has 1 unspecified atom stereocenters. The first-order valence-electron chi connectivity index (χ1n) is 17.8. The maximum atomic E-state index is 6.47. The van der Waals surface area contributed by atoms with E-state index >= 15 is 0 Å². The predicted octanol–water partition coefficient (Wildman–Crippen LogP) is 13.4. The van der Waals surface area contributed by atoms with Gasteiger partial charge in [-0.2, -0.15) is 0 Å². The van der Waals surface area contributed by atoms with Crippen molar-refractivity contribution in [1.29, 1.82) is 0 Å². The Kier molecular flexibility index (Phi) is 28.9. The molecule has 0 radical (unpaired) electrons. The monoisotopic (exact) mass is 523 g/mol. The molecule has 224 valence electrons. The molecule has 0 amide bonds. The molecule has 0 N–H and O–H groups in total. The highest BCUT2D eigenvalue weighted by molar-refractivity contribution is 4.86. The van der Waals surface area contributed by atoms with E-state index in [1.165, 1.54) is 180 Å². The average molecular weight is 523 g/mol. The standard InChI is InChI=1S/C36H74O/c1-6-11-13-15-17-18-19-20-21-22-23-24-25-26-27-28-30-32-34-35(33-31-29-16-14-12-7-2)36(8-3,9-4)37-10-5/h35H,6-34H2,1-5H3. The molecule has 0 aliphatic carbocycles. The molecule has 0 spiro atoms. The number of unbranched alkanes of at least 4 members (excludes halogenated alkanes) is 22. The van der Waals surface area contributed by atoms with E-state index in [1.54, 1.807) is 0 Å². The molecular weight excluding hydrogens is 448 g/mol. The normalized spacial score (nSPS) is 12.9. The maximum Gasteiger partial charge on any atom is 0.0705 e. The molecule has 0 aromatic heterocycles. The highest BCUT2D eigenvalue weighted by Crippen LogP contribution is 2.37. The van der Waals surface area contributed by atoms with Gasteiger partial charge in [0.2, 0.25) is 0 Å². The molecule has 0 rings (SSSR count). The summed E-state index contributed by atoms with van der Waals surface area (Å²) in [5.41, 5.74) is 0.132. The summed E-state index contributed by atoms with van der Waals surface area (Å²) in [5.74, 6) is 0.759. The Hall–Kier alpha value is -0.0400. The van der Waals surface area contributed by atoms with Crippen LogP contribution in [0.5, 0.6) is 0 Å². The lowest BCUT2D eigenvalue weighted by Gasteiger charge is -2.40. The molecule has 1 heteroatoms. The molecule has 0 aliphatic heterocycles. The fourth-order valence-electron chi connectivity index (χ4n) is 6.57. The average Bonchev–Trinajstić information content (AvgIpc) is 2.92. The molecule has 1 nitrogen and oxygen atoms in total. The van der Waals surface area contributed by atoms with Crippen molar-refractivity contribution in [3.63, 3.8) is 0 Å². The first-order chi connectivity index (χ1) is 18.2. The smallest absolute Gasteiger partial charge is 0.0705 e. The molecule has 37 heavy (non-hydrogen) atoms. The van der Waals surface area contributed by atoms with Crippen LogP contribution in [-0.2, 0) is 4.74 Å². The van der Waals surface area contributed by atoms with E-state index < -0.39 is 0 Å². The van der Waals surface area contributed by atoms with Gasteiger partial charge in [0, 0.05) is 6.61 Å². The largest absolute Gasteiger partial charge is 0.375 e. The third kappa shape index (κ3) is 21.5. The summed E-state index contributed by atoms with van der Waals surface area (Å²) in [6.45, 7) is 12.4. The Morgan fingerprint density at radius 3 is 0.892 bits per heavy atom. The zero-order valence-corrected chi connectivity index (χ0v) is 27.0. The molecule has 0 aromatic carbocycles. The van der Waals surface area contributed by atoms with Crippen LogP contribution in [0.1, 0.15) is 214 Å². The van der Waals surface area contributed by atoms with Gasteiger partial charge >= 0.3 is 0 Å². The van der Waals surface area contributed by atoms with Crippen LogP contribution in [-0.4, -0.2) is 12.2 Å². The predicted molar refractivity (Wildman–Crippen MR) is 170 cm³/mol. The third-order valence-corrected chi connectivity index (χ3v) is 9.19. The second-order valence-electron chi connectivity index (χ2n) is 12.3. The van der Waals surface area contributed by atoms with Crippen LogP contribution in [0.2, 0.25) is 0 Å². The molecule has 0 bridgehead atoms. The lowest BCUT2D eigenvalue weighted by atomic mass is 9.76. The number of hydrogen-bond donors (Lipinski definition) is 0. The Labute approximate surface area is 237 Å². The number of hydrogen-bond acceptors (Lipinski definition) is 1. The van der Waals surface area contributed by atoms with Crippen molar-refractivity contribution in [1.82, 2.24) is 0 Å². The molecule has 0 heterocycles. The van der Waals surface area contributed by atoms with Crippen molar-refractivity contribution in [3.8, 4) is 0 Å². The van der Waals surface area contributed by atoms with Crippen molar-refractivity contribution in [2.75, 3.05) is 6.61 Å². The summed E-state index contributed by atoms with van der Waals surface area (Å²) in [7, 11) is 0. The van der Waals surface area contributed by atoms with Gasteiger partial charge in [0.25, 0.3) is 0 Å². The van der Waals surface area contributed by atoms with Crippen LogP contribution in [0.15, 0.2) is 0 Å². The summed E-state index contributed by atoms with van der Waals surface area (Å²) < 4.78 is 6.47. The summed E-state index contributed by atoms with van der Waals surface area (Å²) in [6.07, 6.45) is 39.8. The van der Waals surface area contributed by atoms with E-state index in [4.69, 9.17) is 4.74 Å². The first-order valence-corrected chi connectivity index (χ1v) is 17.8. The Bertz CT molecular complexity index is 413. The minimum Gasteiger partial charge on any atom is -0.375 e. The molecule has 0 aromatic rings. The topological polar surface area (TPSA) is 9.23 Å². The Balaban J connectivity index is 3.85. The van der Waals surface area contributed by atoms with Gasteiger partial charge < -0.3 is 4.74 Å². The van der Waals surface area contributed by atoms with E-state index in [9.17, 15) is 0 Å². The summed E-state index contributed by atoms with van der Waals surface area (Å²) in [6, 6.07) is 0. The SMILES string of the molecule is CCCCCCCCCCCCCCCCCCCCC(CCCCCCCC)C(CC)(CC)OCC.